The largest absolute Gasteiger partial charge is 0.381 e. The van der Waals surface area contributed by atoms with Gasteiger partial charge in [0, 0.05) is 67.9 Å². The number of anilines is 1. The Kier molecular flexibility index (Phi) is 11.3. The zero-order valence-electron chi connectivity index (χ0n) is 21.8. The highest BCUT2D eigenvalue weighted by Gasteiger charge is 2.23. The molecule has 2 aromatic rings. The number of rotatable bonds is 10. The molecule has 1 fully saturated rings. The van der Waals surface area contributed by atoms with E-state index in [2.05, 4.69) is 34.8 Å². The van der Waals surface area contributed by atoms with Gasteiger partial charge in [-0.2, -0.15) is 0 Å². The zero-order chi connectivity index (χ0) is 26.7. The lowest BCUT2D eigenvalue weighted by molar-refractivity contribution is -0.114. The Morgan fingerprint density at radius 3 is 2.39 bits per heavy atom. The molecule has 2 heterocycles. The molecule has 3 rings (SSSR count). The van der Waals surface area contributed by atoms with Crippen LogP contribution in [0.5, 0.6) is 0 Å². The number of amides is 2. The van der Waals surface area contributed by atoms with Crippen LogP contribution in [0.2, 0.25) is 0 Å². The fourth-order valence-electron chi connectivity index (χ4n) is 3.98. The van der Waals surface area contributed by atoms with Gasteiger partial charge in [0.2, 0.25) is 5.91 Å². The van der Waals surface area contributed by atoms with Crippen molar-refractivity contribution in [3.05, 3.63) is 59.9 Å². The smallest absolute Gasteiger partial charge is 0.251 e. The van der Waals surface area contributed by atoms with Crippen molar-refractivity contribution < 1.29 is 19.1 Å². The number of hydrogen-bond donors (Lipinski definition) is 2. The van der Waals surface area contributed by atoms with Crippen LogP contribution in [-0.2, 0) is 9.53 Å². The first kappa shape index (κ1) is 28.7. The highest BCUT2D eigenvalue weighted by atomic mass is 16.5. The molecule has 0 spiro atoms. The summed E-state index contributed by atoms with van der Waals surface area (Å²) in [6.07, 6.45) is 4.43. The molecule has 1 aliphatic rings. The summed E-state index contributed by atoms with van der Waals surface area (Å²) < 4.78 is 5.55. The van der Waals surface area contributed by atoms with Gasteiger partial charge >= 0.3 is 0 Å². The average Bonchev–Trinajstić information content (AvgIpc) is 2.91. The summed E-state index contributed by atoms with van der Waals surface area (Å²) in [5.74, 6) is -1.09. The van der Waals surface area contributed by atoms with Crippen molar-refractivity contribution in [1.29, 1.82) is 0 Å². The van der Waals surface area contributed by atoms with Gasteiger partial charge < -0.3 is 20.7 Å². The Morgan fingerprint density at radius 1 is 1.14 bits per heavy atom. The van der Waals surface area contributed by atoms with Crippen LogP contribution in [0.4, 0.5) is 5.69 Å². The molecule has 8 heteroatoms. The van der Waals surface area contributed by atoms with Crippen LogP contribution in [0.1, 0.15) is 67.8 Å². The number of Topliss-reactive ketones (excluding diaryl/α,β-unsaturated/α-hetero) is 1. The molecule has 0 aliphatic carbocycles. The molecule has 1 aromatic heterocycles. The molecule has 0 atom stereocenters. The van der Waals surface area contributed by atoms with Gasteiger partial charge in [-0.05, 0) is 49.1 Å². The standard InChI is InChI=1S/C26H32N4O4.C2H6/c1-4-9-30(22-7-10-34-11-8-22)23-13-20(19-5-6-24(18(3)31)28-16-19)12-21(14-23)26(33)29-15-17(2)25(27)32;1-2/h5-6,12-14,16,22H,2,4,7-11,15H2,1,3H3,(H2,27,32)(H,29,33);1-2H3. The van der Waals surface area contributed by atoms with Crippen LogP contribution >= 0.6 is 0 Å². The average molecular weight is 495 g/mol. The summed E-state index contributed by atoms with van der Waals surface area (Å²) in [6, 6.07) is 9.53. The predicted molar refractivity (Wildman–Crippen MR) is 143 cm³/mol. The number of nitrogens with one attached hydrogen (secondary N) is 1. The molecule has 8 nitrogen and oxygen atoms in total. The Hall–Kier alpha value is -3.52. The molecule has 3 N–H and O–H groups in total. The van der Waals surface area contributed by atoms with Crippen LogP contribution < -0.4 is 16.0 Å². The summed E-state index contributed by atoms with van der Waals surface area (Å²) in [4.78, 5) is 42.5. The van der Waals surface area contributed by atoms with Gasteiger partial charge in [0.15, 0.2) is 5.78 Å². The second-order valence-electron chi connectivity index (χ2n) is 8.44. The third-order valence-corrected chi connectivity index (χ3v) is 5.88. The summed E-state index contributed by atoms with van der Waals surface area (Å²) >= 11 is 0. The predicted octanol–water partition coefficient (Wildman–Crippen LogP) is 4.14. The molecule has 0 unspecified atom stereocenters. The van der Waals surface area contributed by atoms with Gasteiger partial charge in [-0.3, -0.25) is 19.4 Å². The SMILES string of the molecule is C=C(CNC(=O)c1cc(-c2ccc(C(C)=O)nc2)cc(N(CCC)C2CCOCC2)c1)C(N)=O.CC. The number of hydrogen-bond acceptors (Lipinski definition) is 6. The zero-order valence-corrected chi connectivity index (χ0v) is 21.8. The Bertz CT molecular complexity index is 1060. The fourth-order valence-corrected chi connectivity index (χ4v) is 3.98. The number of primary amides is 1. The number of nitrogens with two attached hydrogens (primary N) is 1. The molecule has 36 heavy (non-hydrogen) atoms. The lowest BCUT2D eigenvalue weighted by Crippen LogP contribution is -2.40. The molecule has 1 aliphatic heterocycles. The molecule has 0 radical (unpaired) electrons. The first-order chi connectivity index (χ1) is 17.3. The van der Waals surface area contributed by atoms with E-state index in [0.29, 0.717) is 30.5 Å². The first-order valence-corrected chi connectivity index (χ1v) is 12.5. The Labute approximate surface area is 213 Å². The van der Waals surface area contributed by atoms with Crippen LogP contribution in [0.15, 0.2) is 48.7 Å². The molecule has 1 aromatic carbocycles. The quantitative estimate of drug-likeness (QED) is 0.379. The van der Waals surface area contributed by atoms with Gasteiger partial charge in [-0.25, -0.2) is 0 Å². The third-order valence-electron chi connectivity index (χ3n) is 5.88. The molecule has 2 amide bonds. The second-order valence-corrected chi connectivity index (χ2v) is 8.44. The minimum atomic E-state index is -0.653. The van der Waals surface area contributed by atoms with E-state index in [4.69, 9.17) is 10.5 Å². The summed E-state index contributed by atoms with van der Waals surface area (Å²) in [5.41, 5.74) is 8.74. The summed E-state index contributed by atoms with van der Waals surface area (Å²) in [6.45, 7) is 13.4. The summed E-state index contributed by atoms with van der Waals surface area (Å²) in [7, 11) is 0. The van der Waals surface area contributed by atoms with Crippen molar-refractivity contribution >= 4 is 23.3 Å². The lowest BCUT2D eigenvalue weighted by atomic mass is 9.99. The normalized spacial score (nSPS) is 13.2. The number of aromatic nitrogens is 1. The van der Waals surface area contributed by atoms with E-state index in [9.17, 15) is 14.4 Å². The number of pyridine rings is 1. The van der Waals surface area contributed by atoms with Crippen molar-refractivity contribution in [3.63, 3.8) is 0 Å². The van der Waals surface area contributed by atoms with E-state index < -0.39 is 5.91 Å². The maximum absolute atomic E-state index is 13.0. The van der Waals surface area contributed by atoms with Gasteiger partial charge in [0.1, 0.15) is 5.69 Å². The van der Waals surface area contributed by atoms with E-state index >= 15 is 0 Å². The highest BCUT2D eigenvalue weighted by molar-refractivity contribution is 5.98. The Balaban J connectivity index is 0.00000222. The van der Waals surface area contributed by atoms with E-state index in [0.717, 1.165) is 42.6 Å². The molecular formula is C28H38N4O4. The number of carbonyl (C=O) groups is 3. The molecule has 1 saturated heterocycles. The van der Waals surface area contributed by atoms with E-state index in [1.165, 1.54) is 6.92 Å². The van der Waals surface area contributed by atoms with E-state index in [1.807, 2.05) is 26.0 Å². The Morgan fingerprint density at radius 2 is 1.83 bits per heavy atom. The molecule has 194 valence electrons. The number of carbonyl (C=O) groups excluding carboxylic acids is 3. The molecule has 0 saturated carbocycles. The van der Waals surface area contributed by atoms with Crippen molar-refractivity contribution in [3.8, 4) is 11.1 Å². The second kappa shape index (κ2) is 14.1. The van der Waals surface area contributed by atoms with Crippen molar-refractivity contribution in [2.75, 3.05) is 31.2 Å². The topological polar surface area (TPSA) is 115 Å². The van der Waals surface area contributed by atoms with Crippen molar-refractivity contribution in [2.24, 2.45) is 5.73 Å². The highest BCUT2D eigenvalue weighted by Crippen LogP contribution is 2.30. The maximum Gasteiger partial charge on any atom is 0.251 e. The number of nitrogens with zero attached hydrogens (tertiary/aromatic N) is 2. The maximum atomic E-state index is 13.0. The van der Waals surface area contributed by atoms with Crippen LogP contribution in [-0.4, -0.2) is 54.9 Å². The summed E-state index contributed by atoms with van der Waals surface area (Å²) in [5, 5.41) is 2.72. The monoisotopic (exact) mass is 494 g/mol. The minimum Gasteiger partial charge on any atom is -0.381 e. The molecule has 0 bridgehead atoms. The van der Waals surface area contributed by atoms with E-state index in [-0.39, 0.29) is 23.8 Å². The van der Waals surface area contributed by atoms with Crippen LogP contribution in [0, 0.1) is 0 Å². The number of benzene rings is 1. The van der Waals surface area contributed by atoms with Crippen molar-refractivity contribution in [1.82, 2.24) is 10.3 Å². The first-order valence-electron chi connectivity index (χ1n) is 12.5. The number of ketones is 1. The van der Waals surface area contributed by atoms with Crippen LogP contribution in [0.25, 0.3) is 11.1 Å². The van der Waals surface area contributed by atoms with Gasteiger partial charge in [0.05, 0.1) is 0 Å². The van der Waals surface area contributed by atoms with E-state index in [1.54, 1.807) is 18.3 Å². The van der Waals surface area contributed by atoms with Crippen molar-refractivity contribution in [2.45, 2.75) is 53.0 Å². The van der Waals surface area contributed by atoms with Gasteiger partial charge in [-0.1, -0.05) is 33.4 Å². The lowest BCUT2D eigenvalue weighted by Gasteiger charge is -2.36. The van der Waals surface area contributed by atoms with Gasteiger partial charge in [0.25, 0.3) is 5.91 Å². The third kappa shape index (κ3) is 7.75. The minimum absolute atomic E-state index is 0.0266. The van der Waals surface area contributed by atoms with Crippen LogP contribution in [0.3, 0.4) is 0 Å². The fraction of sp³-hybridized carbons (Fsp3) is 0.429. The van der Waals surface area contributed by atoms with Gasteiger partial charge in [-0.15, -0.1) is 0 Å². The number of ether oxygens (including phenoxy) is 1. The molecular weight excluding hydrogens is 456 g/mol.